The Labute approximate surface area is 44.0 Å². The van der Waals surface area contributed by atoms with E-state index in [-0.39, 0.29) is 0 Å². The van der Waals surface area contributed by atoms with E-state index < -0.39 is 0 Å². The van der Waals surface area contributed by atoms with Crippen molar-refractivity contribution in [3.05, 3.63) is 12.3 Å². The summed E-state index contributed by atoms with van der Waals surface area (Å²) in [5.74, 6) is 0. The topological polar surface area (TPSA) is 24.7 Å². The standard InChI is InChI=1S/C5H10N2/c1-4-5(2)7-6-3/h2,4H2,1,3H3. The van der Waals surface area contributed by atoms with Gasteiger partial charge in [-0.15, -0.1) is 0 Å². The summed E-state index contributed by atoms with van der Waals surface area (Å²) in [6, 6.07) is 0. The molecule has 40 valence electrons. The lowest BCUT2D eigenvalue weighted by atomic mass is 10.4. The minimum Gasteiger partial charge on any atom is -0.192 e. The summed E-state index contributed by atoms with van der Waals surface area (Å²) in [5.41, 5.74) is 0.836. The molecular weight excluding hydrogens is 88.1 g/mol. The predicted octanol–water partition coefficient (Wildman–Crippen LogP) is 1.99. The molecule has 0 saturated carbocycles. The lowest BCUT2D eigenvalue weighted by molar-refractivity contribution is 0.990. The van der Waals surface area contributed by atoms with E-state index in [0.29, 0.717) is 0 Å². The molecule has 0 aromatic heterocycles. The quantitative estimate of drug-likeness (QED) is 0.472. The van der Waals surface area contributed by atoms with Gasteiger partial charge < -0.3 is 0 Å². The third-order valence-electron chi connectivity index (χ3n) is 0.650. The minimum absolute atomic E-state index is 0.836. The molecule has 0 aliphatic carbocycles. The summed E-state index contributed by atoms with van der Waals surface area (Å²) in [7, 11) is 1.64. The summed E-state index contributed by atoms with van der Waals surface area (Å²) in [6.07, 6.45) is 0.886. The second-order valence-corrected chi connectivity index (χ2v) is 1.22. The molecule has 0 N–H and O–H groups in total. The van der Waals surface area contributed by atoms with Crippen LogP contribution < -0.4 is 0 Å². The highest BCUT2D eigenvalue weighted by Crippen LogP contribution is 1.95. The second-order valence-electron chi connectivity index (χ2n) is 1.22. The first-order valence-corrected chi connectivity index (χ1v) is 2.29. The van der Waals surface area contributed by atoms with Crippen LogP contribution in [0.4, 0.5) is 0 Å². The number of rotatable bonds is 2. The summed E-state index contributed by atoms with van der Waals surface area (Å²) >= 11 is 0. The zero-order chi connectivity index (χ0) is 5.70. The fourth-order valence-corrected chi connectivity index (χ4v) is 0.212. The normalized spacial score (nSPS) is 10.0. The van der Waals surface area contributed by atoms with Gasteiger partial charge in [0.05, 0.1) is 5.70 Å². The van der Waals surface area contributed by atoms with E-state index in [4.69, 9.17) is 0 Å². The third-order valence-corrected chi connectivity index (χ3v) is 0.650. The van der Waals surface area contributed by atoms with Gasteiger partial charge in [0.15, 0.2) is 0 Å². The molecule has 0 bridgehead atoms. The predicted molar refractivity (Wildman–Crippen MR) is 30.2 cm³/mol. The van der Waals surface area contributed by atoms with Crippen molar-refractivity contribution in [2.24, 2.45) is 10.2 Å². The molecule has 0 spiro atoms. The number of azo groups is 1. The van der Waals surface area contributed by atoms with Gasteiger partial charge in [-0.25, -0.2) is 0 Å². The first kappa shape index (κ1) is 6.34. The molecule has 0 unspecified atom stereocenters. The Morgan fingerprint density at radius 3 is 2.43 bits per heavy atom. The van der Waals surface area contributed by atoms with Crippen LogP contribution in [0.1, 0.15) is 13.3 Å². The molecule has 0 aliphatic heterocycles. The van der Waals surface area contributed by atoms with Crippen LogP contribution in [0.5, 0.6) is 0 Å². The first-order valence-electron chi connectivity index (χ1n) is 2.29. The van der Waals surface area contributed by atoms with Crippen LogP contribution in [-0.2, 0) is 0 Å². The molecule has 0 radical (unpaired) electrons. The van der Waals surface area contributed by atoms with Crippen LogP contribution in [0.2, 0.25) is 0 Å². The Bertz CT molecular complexity index is 84.1. The van der Waals surface area contributed by atoms with Crippen molar-refractivity contribution in [3.63, 3.8) is 0 Å². The van der Waals surface area contributed by atoms with Crippen molar-refractivity contribution in [1.29, 1.82) is 0 Å². The largest absolute Gasteiger partial charge is 0.192 e. The monoisotopic (exact) mass is 98.1 g/mol. The van der Waals surface area contributed by atoms with Gasteiger partial charge >= 0.3 is 0 Å². The highest BCUT2D eigenvalue weighted by Gasteiger charge is 1.77. The lowest BCUT2D eigenvalue weighted by Gasteiger charge is -1.84. The van der Waals surface area contributed by atoms with Crippen molar-refractivity contribution < 1.29 is 0 Å². The van der Waals surface area contributed by atoms with E-state index in [2.05, 4.69) is 16.8 Å². The zero-order valence-corrected chi connectivity index (χ0v) is 4.81. The Kier molecular flexibility index (Phi) is 3.19. The van der Waals surface area contributed by atoms with Crippen molar-refractivity contribution >= 4 is 0 Å². The number of nitrogens with zero attached hydrogens (tertiary/aromatic N) is 2. The summed E-state index contributed by atoms with van der Waals surface area (Å²) in [4.78, 5) is 0. The molecule has 2 nitrogen and oxygen atoms in total. The van der Waals surface area contributed by atoms with Gasteiger partial charge in [-0.2, -0.15) is 10.2 Å². The van der Waals surface area contributed by atoms with Crippen LogP contribution in [0, 0.1) is 0 Å². The Hall–Kier alpha value is -0.660. The molecule has 0 amide bonds. The molecule has 0 saturated heterocycles. The molecule has 0 aromatic rings. The zero-order valence-electron chi connectivity index (χ0n) is 4.81. The van der Waals surface area contributed by atoms with Gasteiger partial charge in [0, 0.05) is 7.05 Å². The molecule has 0 aromatic carbocycles. The van der Waals surface area contributed by atoms with Crippen LogP contribution in [0.15, 0.2) is 22.5 Å². The fourth-order valence-electron chi connectivity index (χ4n) is 0.212. The van der Waals surface area contributed by atoms with Gasteiger partial charge in [0.2, 0.25) is 0 Å². The number of allylic oxidation sites excluding steroid dienone is 1. The van der Waals surface area contributed by atoms with Crippen LogP contribution in [0.25, 0.3) is 0 Å². The highest BCUT2D eigenvalue weighted by molar-refractivity contribution is 4.86. The smallest absolute Gasteiger partial charge is 0.0551 e. The van der Waals surface area contributed by atoms with Crippen LogP contribution in [-0.4, -0.2) is 7.05 Å². The van der Waals surface area contributed by atoms with Gasteiger partial charge in [0.1, 0.15) is 0 Å². The molecule has 0 rings (SSSR count). The Morgan fingerprint density at radius 2 is 2.29 bits per heavy atom. The maximum atomic E-state index is 3.67. The van der Waals surface area contributed by atoms with E-state index in [0.717, 1.165) is 12.1 Å². The first-order chi connectivity index (χ1) is 3.31. The Morgan fingerprint density at radius 1 is 1.71 bits per heavy atom. The molecule has 0 heterocycles. The van der Waals surface area contributed by atoms with Gasteiger partial charge in [-0.1, -0.05) is 13.5 Å². The Balaban J connectivity index is 3.37. The molecule has 7 heavy (non-hydrogen) atoms. The van der Waals surface area contributed by atoms with E-state index >= 15 is 0 Å². The number of hydrogen-bond acceptors (Lipinski definition) is 2. The lowest BCUT2D eigenvalue weighted by Crippen LogP contribution is -1.65. The molecule has 2 heteroatoms. The van der Waals surface area contributed by atoms with Gasteiger partial charge in [0.25, 0.3) is 0 Å². The molecule has 0 aliphatic rings. The van der Waals surface area contributed by atoms with Crippen LogP contribution >= 0.6 is 0 Å². The average Bonchev–Trinajstić information content (AvgIpc) is 1.68. The van der Waals surface area contributed by atoms with E-state index in [1.165, 1.54) is 0 Å². The van der Waals surface area contributed by atoms with Gasteiger partial charge in [-0.3, -0.25) is 0 Å². The average molecular weight is 98.1 g/mol. The maximum Gasteiger partial charge on any atom is 0.0551 e. The highest BCUT2D eigenvalue weighted by atomic mass is 15.1. The minimum atomic E-state index is 0.836. The number of hydrogen-bond donors (Lipinski definition) is 0. The van der Waals surface area contributed by atoms with Gasteiger partial charge in [-0.05, 0) is 6.42 Å². The molecule has 0 atom stereocenters. The molecular formula is C5H10N2. The van der Waals surface area contributed by atoms with E-state index in [9.17, 15) is 0 Å². The fraction of sp³-hybridized carbons (Fsp3) is 0.600. The molecule has 0 fully saturated rings. The summed E-state index contributed by atoms with van der Waals surface area (Å²) in [6.45, 7) is 5.60. The summed E-state index contributed by atoms with van der Waals surface area (Å²) in [5, 5.41) is 7.21. The van der Waals surface area contributed by atoms with Crippen molar-refractivity contribution in [2.45, 2.75) is 13.3 Å². The maximum absolute atomic E-state index is 3.67. The van der Waals surface area contributed by atoms with Crippen molar-refractivity contribution in [2.75, 3.05) is 7.05 Å². The van der Waals surface area contributed by atoms with E-state index in [1.807, 2.05) is 6.92 Å². The SMILES string of the molecule is C=C(CC)N=NC. The van der Waals surface area contributed by atoms with Crippen molar-refractivity contribution in [3.8, 4) is 0 Å². The van der Waals surface area contributed by atoms with E-state index in [1.54, 1.807) is 7.05 Å². The van der Waals surface area contributed by atoms with Crippen LogP contribution in [0.3, 0.4) is 0 Å². The second kappa shape index (κ2) is 3.53. The third kappa shape index (κ3) is 3.16. The van der Waals surface area contributed by atoms with Crippen molar-refractivity contribution in [1.82, 2.24) is 0 Å². The summed E-state index contributed by atoms with van der Waals surface area (Å²) < 4.78 is 0.